The molecule has 0 radical (unpaired) electrons. The molecule has 0 atom stereocenters. The van der Waals surface area contributed by atoms with Crippen LogP contribution in [0.1, 0.15) is 5.56 Å². The Morgan fingerprint density at radius 3 is 2.56 bits per heavy atom. The Balaban J connectivity index is 2.60. The standard InChI is InChI=1S/C17H20F2N2O6/c1-20-14(22)9-21(2)15(23)10-26-16(24)7-5-11-4-6-12(27-17(18)19)13(8-11)25-3/h4-8,17H,9-10H2,1-3H3,(H,20,22)/b7-5+. The fraction of sp³-hybridized carbons (Fsp3) is 0.353. The number of carbonyl (C=O) groups is 3. The molecule has 10 heteroatoms. The summed E-state index contributed by atoms with van der Waals surface area (Å²) in [6.45, 7) is -3.68. The average molecular weight is 386 g/mol. The number of nitrogens with one attached hydrogen (secondary N) is 1. The molecule has 1 N–H and O–H groups in total. The minimum atomic E-state index is -2.99. The molecular weight excluding hydrogens is 366 g/mol. The van der Waals surface area contributed by atoms with Crippen molar-refractivity contribution in [2.75, 3.05) is 34.4 Å². The third-order valence-corrected chi connectivity index (χ3v) is 3.24. The first-order chi connectivity index (χ1) is 12.8. The highest BCUT2D eigenvalue weighted by atomic mass is 19.3. The summed E-state index contributed by atoms with van der Waals surface area (Å²) in [7, 11) is 4.12. The SMILES string of the molecule is CNC(=O)CN(C)C(=O)COC(=O)/C=C/c1ccc(OC(F)F)c(OC)c1. The van der Waals surface area contributed by atoms with Crippen LogP contribution < -0.4 is 14.8 Å². The van der Waals surface area contributed by atoms with Crippen molar-refractivity contribution in [1.29, 1.82) is 0 Å². The van der Waals surface area contributed by atoms with Gasteiger partial charge in [-0.15, -0.1) is 0 Å². The molecule has 148 valence electrons. The number of methoxy groups -OCH3 is 1. The zero-order chi connectivity index (χ0) is 20.4. The van der Waals surface area contributed by atoms with Gasteiger partial charge in [-0.1, -0.05) is 6.07 Å². The van der Waals surface area contributed by atoms with Gasteiger partial charge < -0.3 is 24.4 Å². The van der Waals surface area contributed by atoms with Gasteiger partial charge in [0, 0.05) is 20.2 Å². The minimum absolute atomic E-state index is 0.0665. The minimum Gasteiger partial charge on any atom is -0.493 e. The van der Waals surface area contributed by atoms with E-state index >= 15 is 0 Å². The van der Waals surface area contributed by atoms with Crippen molar-refractivity contribution in [1.82, 2.24) is 10.2 Å². The first-order valence-electron chi connectivity index (χ1n) is 7.69. The molecule has 0 heterocycles. The van der Waals surface area contributed by atoms with Gasteiger partial charge in [0.15, 0.2) is 18.1 Å². The van der Waals surface area contributed by atoms with Crippen molar-refractivity contribution >= 4 is 23.9 Å². The molecule has 1 aromatic carbocycles. The second kappa shape index (κ2) is 10.7. The molecule has 8 nitrogen and oxygen atoms in total. The summed E-state index contributed by atoms with van der Waals surface area (Å²) in [5.74, 6) is -1.77. The topological polar surface area (TPSA) is 94.2 Å². The predicted molar refractivity (Wildman–Crippen MR) is 91.3 cm³/mol. The van der Waals surface area contributed by atoms with Crippen LogP contribution in [-0.4, -0.2) is 63.7 Å². The third-order valence-electron chi connectivity index (χ3n) is 3.24. The van der Waals surface area contributed by atoms with E-state index in [9.17, 15) is 23.2 Å². The highest BCUT2D eigenvalue weighted by Gasteiger charge is 2.14. The van der Waals surface area contributed by atoms with Gasteiger partial charge in [-0.25, -0.2) is 4.79 Å². The van der Waals surface area contributed by atoms with Gasteiger partial charge in [-0.05, 0) is 23.8 Å². The lowest BCUT2D eigenvalue weighted by atomic mass is 10.2. The van der Waals surface area contributed by atoms with E-state index in [1.165, 1.54) is 45.5 Å². The van der Waals surface area contributed by atoms with Crippen LogP contribution in [0.4, 0.5) is 8.78 Å². The number of benzene rings is 1. The highest BCUT2D eigenvalue weighted by Crippen LogP contribution is 2.29. The Kier molecular flexibility index (Phi) is 8.70. The molecule has 2 amide bonds. The average Bonchev–Trinajstić information content (AvgIpc) is 2.64. The maximum Gasteiger partial charge on any atom is 0.387 e. The summed E-state index contributed by atoms with van der Waals surface area (Å²) in [6, 6.07) is 4.10. The van der Waals surface area contributed by atoms with E-state index < -0.39 is 25.1 Å². The van der Waals surface area contributed by atoms with Gasteiger partial charge >= 0.3 is 12.6 Å². The largest absolute Gasteiger partial charge is 0.493 e. The van der Waals surface area contributed by atoms with Crippen molar-refractivity contribution in [3.05, 3.63) is 29.8 Å². The van der Waals surface area contributed by atoms with Crippen LogP contribution in [-0.2, 0) is 19.1 Å². The number of halogens is 2. The van der Waals surface area contributed by atoms with Crippen molar-refractivity contribution in [3.63, 3.8) is 0 Å². The fourth-order valence-electron chi connectivity index (χ4n) is 1.82. The van der Waals surface area contributed by atoms with E-state index in [4.69, 9.17) is 9.47 Å². The molecule has 0 aliphatic rings. The van der Waals surface area contributed by atoms with Gasteiger partial charge in [0.1, 0.15) is 0 Å². The third kappa shape index (κ3) is 7.72. The van der Waals surface area contributed by atoms with Crippen molar-refractivity contribution in [2.45, 2.75) is 6.61 Å². The monoisotopic (exact) mass is 386 g/mol. The van der Waals surface area contributed by atoms with Crippen LogP contribution in [0.5, 0.6) is 11.5 Å². The lowest BCUT2D eigenvalue weighted by Gasteiger charge is -2.15. The van der Waals surface area contributed by atoms with Crippen molar-refractivity contribution in [3.8, 4) is 11.5 Å². The number of alkyl halides is 2. The second-order valence-electron chi connectivity index (χ2n) is 5.15. The quantitative estimate of drug-likeness (QED) is 0.504. The number of rotatable bonds is 9. The molecule has 1 rings (SSSR count). The highest BCUT2D eigenvalue weighted by molar-refractivity contribution is 5.90. The van der Waals surface area contributed by atoms with Gasteiger partial charge in [0.05, 0.1) is 13.7 Å². The molecular formula is C17H20F2N2O6. The smallest absolute Gasteiger partial charge is 0.387 e. The summed E-state index contributed by atoms with van der Waals surface area (Å²) in [6.07, 6.45) is 2.42. The summed E-state index contributed by atoms with van der Waals surface area (Å²) in [5.41, 5.74) is 0.466. The Hall–Kier alpha value is -3.17. The van der Waals surface area contributed by atoms with E-state index in [0.29, 0.717) is 5.56 Å². The zero-order valence-corrected chi connectivity index (χ0v) is 15.0. The molecule has 0 unspecified atom stereocenters. The molecule has 0 saturated carbocycles. The molecule has 0 fully saturated rings. The van der Waals surface area contributed by atoms with E-state index in [0.717, 1.165) is 11.0 Å². The lowest BCUT2D eigenvalue weighted by molar-refractivity contribution is -0.148. The maximum atomic E-state index is 12.3. The van der Waals surface area contributed by atoms with Crippen LogP contribution in [0.15, 0.2) is 24.3 Å². The first kappa shape index (κ1) is 21.9. The van der Waals surface area contributed by atoms with Crippen LogP contribution in [0.2, 0.25) is 0 Å². The number of likely N-dealkylation sites (N-methyl/N-ethyl adjacent to an activating group) is 2. The number of amides is 2. The number of carbonyl (C=O) groups excluding carboxylic acids is 3. The molecule has 0 aliphatic carbocycles. The Labute approximate surface area is 154 Å². The van der Waals surface area contributed by atoms with E-state index in [1.54, 1.807) is 0 Å². The fourth-order valence-corrected chi connectivity index (χ4v) is 1.82. The summed E-state index contributed by atoms with van der Waals surface area (Å²) in [5, 5.41) is 2.37. The van der Waals surface area contributed by atoms with E-state index in [1.807, 2.05) is 0 Å². The predicted octanol–water partition coefficient (Wildman–Crippen LogP) is 1.06. The summed E-state index contributed by atoms with van der Waals surface area (Å²) < 4.78 is 38.6. The van der Waals surface area contributed by atoms with Gasteiger partial charge in [-0.3, -0.25) is 9.59 Å². The molecule has 1 aromatic rings. The van der Waals surface area contributed by atoms with Crippen LogP contribution in [0.3, 0.4) is 0 Å². The zero-order valence-electron chi connectivity index (χ0n) is 15.0. The molecule has 0 bridgehead atoms. The van der Waals surface area contributed by atoms with Gasteiger partial charge in [0.25, 0.3) is 5.91 Å². The second-order valence-corrected chi connectivity index (χ2v) is 5.15. The number of hydrogen-bond donors (Lipinski definition) is 1. The number of ether oxygens (including phenoxy) is 3. The maximum absolute atomic E-state index is 12.3. The molecule has 0 aromatic heterocycles. The van der Waals surface area contributed by atoms with Crippen LogP contribution in [0, 0.1) is 0 Å². The van der Waals surface area contributed by atoms with Gasteiger partial charge in [0.2, 0.25) is 5.91 Å². The van der Waals surface area contributed by atoms with Crippen molar-refractivity contribution < 1.29 is 37.4 Å². The molecule has 0 aliphatic heterocycles. The first-order valence-corrected chi connectivity index (χ1v) is 7.69. The van der Waals surface area contributed by atoms with E-state index in [-0.39, 0.29) is 24.0 Å². The van der Waals surface area contributed by atoms with Gasteiger partial charge in [-0.2, -0.15) is 8.78 Å². The number of nitrogens with zero attached hydrogens (tertiary/aromatic N) is 1. The normalized spacial score (nSPS) is 10.6. The molecule has 0 spiro atoms. The lowest BCUT2D eigenvalue weighted by Crippen LogP contribution is -2.38. The number of esters is 1. The van der Waals surface area contributed by atoms with Crippen LogP contribution in [0.25, 0.3) is 6.08 Å². The summed E-state index contributed by atoms with van der Waals surface area (Å²) in [4.78, 5) is 35.7. The van der Waals surface area contributed by atoms with E-state index in [2.05, 4.69) is 10.1 Å². The Bertz CT molecular complexity index is 709. The van der Waals surface area contributed by atoms with Crippen LogP contribution >= 0.6 is 0 Å². The summed E-state index contributed by atoms with van der Waals surface area (Å²) >= 11 is 0. The molecule has 27 heavy (non-hydrogen) atoms. The van der Waals surface area contributed by atoms with Crippen molar-refractivity contribution in [2.24, 2.45) is 0 Å². The molecule has 0 saturated heterocycles. The Morgan fingerprint density at radius 2 is 1.96 bits per heavy atom. The Morgan fingerprint density at radius 1 is 1.26 bits per heavy atom. The number of hydrogen-bond acceptors (Lipinski definition) is 6.